The van der Waals surface area contributed by atoms with Crippen molar-refractivity contribution in [2.75, 3.05) is 39.4 Å². The fraction of sp³-hybridized carbons (Fsp3) is 0.650. The van der Waals surface area contributed by atoms with E-state index >= 15 is 0 Å². The number of nitrogens with zero attached hydrogens (tertiary/aromatic N) is 2. The SMILES string of the molecule is CCNC(=NCC(C)Oc1ccc(Cl)cc1)N1CCOC(C2CCCO2)C1.I. The van der Waals surface area contributed by atoms with Gasteiger partial charge in [0, 0.05) is 31.3 Å². The molecule has 3 atom stereocenters. The highest BCUT2D eigenvalue weighted by Crippen LogP contribution is 2.21. The number of hydrogen-bond donors (Lipinski definition) is 1. The third kappa shape index (κ3) is 6.93. The first-order valence-electron chi connectivity index (χ1n) is 9.84. The van der Waals surface area contributed by atoms with Crippen molar-refractivity contribution in [2.24, 2.45) is 4.99 Å². The number of rotatable bonds is 6. The molecule has 0 bridgehead atoms. The van der Waals surface area contributed by atoms with Crippen LogP contribution in [0.4, 0.5) is 0 Å². The topological polar surface area (TPSA) is 55.3 Å². The van der Waals surface area contributed by atoms with Crippen molar-refractivity contribution >= 4 is 41.5 Å². The summed E-state index contributed by atoms with van der Waals surface area (Å²) in [4.78, 5) is 7.07. The standard InChI is InChI=1S/C20H30ClN3O3.HI/c1-3-22-20(23-13-15(2)27-17-8-6-16(21)7-9-17)24-10-12-26-19(14-24)18-5-4-11-25-18;/h6-9,15,18-19H,3-5,10-14H2,1-2H3,(H,22,23);1H. The van der Waals surface area contributed by atoms with Crippen LogP contribution >= 0.6 is 35.6 Å². The Morgan fingerprint density at radius 3 is 2.71 bits per heavy atom. The normalized spacial score (nSPS) is 23.8. The number of aliphatic imine (C=N–C) groups is 1. The summed E-state index contributed by atoms with van der Waals surface area (Å²) in [7, 11) is 0. The highest BCUT2D eigenvalue weighted by atomic mass is 127. The number of nitrogens with one attached hydrogen (secondary N) is 1. The van der Waals surface area contributed by atoms with Crippen molar-refractivity contribution in [3.8, 4) is 5.75 Å². The monoisotopic (exact) mass is 523 g/mol. The highest BCUT2D eigenvalue weighted by Gasteiger charge is 2.32. The van der Waals surface area contributed by atoms with Gasteiger partial charge in [-0.25, -0.2) is 4.99 Å². The molecule has 1 N–H and O–H groups in total. The molecule has 0 saturated carbocycles. The molecule has 8 heteroatoms. The molecule has 0 spiro atoms. The average molecular weight is 524 g/mol. The number of halogens is 2. The zero-order chi connectivity index (χ0) is 19.1. The fourth-order valence-corrected chi connectivity index (χ4v) is 3.54. The maximum Gasteiger partial charge on any atom is 0.194 e. The maximum absolute atomic E-state index is 5.95. The van der Waals surface area contributed by atoms with Crippen LogP contribution in [-0.4, -0.2) is 68.6 Å². The molecule has 0 radical (unpaired) electrons. The summed E-state index contributed by atoms with van der Waals surface area (Å²) < 4.78 is 17.7. The van der Waals surface area contributed by atoms with Gasteiger partial charge in [-0.1, -0.05) is 11.6 Å². The van der Waals surface area contributed by atoms with Crippen LogP contribution in [0.3, 0.4) is 0 Å². The zero-order valence-electron chi connectivity index (χ0n) is 16.6. The zero-order valence-corrected chi connectivity index (χ0v) is 19.7. The molecule has 1 aromatic carbocycles. The molecule has 1 aromatic rings. The van der Waals surface area contributed by atoms with E-state index in [1.54, 1.807) is 0 Å². The van der Waals surface area contributed by atoms with Crippen LogP contribution in [0.25, 0.3) is 0 Å². The van der Waals surface area contributed by atoms with E-state index in [0.29, 0.717) is 18.2 Å². The molecule has 2 aliphatic heterocycles. The largest absolute Gasteiger partial charge is 0.489 e. The summed E-state index contributed by atoms with van der Waals surface area (Å²) in [6.45, 7) is 8.70. The van der Waals surface area contributed by atoms with E-state index in [9.17, 15) is 0 Å². The van der Waals surface area contributed by atoms with Crippen LogP contribution < -0.4 is 10.1 Å². The lowest BCUT2D eigenvalue weighted by atomic mass is 10.1. The summed E-state index contributed by atoms with van der Waals surface area (Å²) >= 11 is 5.92. The first kappa shape index (κ1) is 23.5. The molecule has 0 amide bonds. The molecule has 2 heterocycles. The van der Waals surface area contributed by atoms with Crippen molar-refractivity contribution in [1.82, 2.24) is 10.2 Å². The second-order valence-corrected chi connectivity index (χ2v) is 7.42. The number of morpholine rings is 1. The van der Waals surface area contributed by atoms with Gasteiger partial charge in [0.25, 0.3) is 0 Å². The molecular weight excluding hydrogens is 493 g/mol. The van der Waals surface area contributed by atoms with E-state index in [0.717, 1.165) is 50.8 Å². The van der Waals surface area contributed by atoms with Gasteiger partial charge >= 0.3 is 0 Å². The fourth-order valence-electron chi connectivity index (χ4n) is 3.41. The van der Waals surface area contributed by atoms with Crippen molar-refractivity contribution in [3.63, 3.8) is 0 Å². The minimum absolute atomic E-state index is 0. The van der Waals surface area contributed by atoms with Gasteiger partial charge in [0.2, 0.25) is 0 Å². The van der Waals surface area contributed by atoms with Crippen molar-refractivity contribution in [2.45, 2.75) is 45.0 Å². The predicted octanol–water partition coefficient (Wildman–Crippen LogP) is 3.57. The molecule has 158 valence electrons. The summed E-state index contributed by atoms with van der Waals surface area (Å²) in [5.41, 5.74) is 0. The van der Waals surface area contributed by atoms with Crippen LogP contribution in [0.15, 0.2) is 29.3 Å². The number of benzene rings is 1. The van der Waals surface area contributed by atoms with Gasteiger partial charge in [-0.2, -0.15) is 0 Å². The molecule has 2 fully saturated rings. The summed E-state index contributed by atoms with van der Waals surface area (Å²) in [5, 5.41) is 4.10. The van der Waals surface area contributed by atoms with Crippen LogP contribution in [0.1, 0.15) is 26.7 Å². The Labute approximate surface area is 190 Å². The Balaban J connectivity index is 0.00000280. The van der Waals surface area contributed by atoms with Gasteiger partial charge in [-0.05, 0) is 51.0 Å². The molecular formula is C20H31ClIN3O3. The summed E-state index contributed by atoms with van der Waals surface area (Å²) in [6, 6.07) is 7.41. The third-order valence-corrected chi connectivity index (χ3v) is 5.01. The molecule has 28 heavy (non-hydrogen) atoms. The van der Waals surface area contributed by atoms with E-state index in [1.807, 2.05) is 31.2 Å². The smallest absolute Gasteiger partial charge is 0.194 e. The van der Waals surface area contributed by atoms with Crippen LogP contribution in [0.5, 0.6) is 5.75 Å². The number of ether oxygens (including phenoxy) is 3. The van der Waals surface area contributed by atoms with Crippen molar-refractivity contribution in [1.29, 1.82) is 0 Å². The van der Waals surface area contributed by atoms with Gasteiger partial charge in [0.05, 0.1) is 19.3 Å². The molecule has 6 nitrogen and oxygen atoms in total. The lowest BCUT2D eigenvalue weighted by Crippen LogP contribution is -2.53. The second-order valence-electron chi connectivity index (χ2n) is 6.98. The van der Waals surface area contributed by atoms with Gasteiger partial charge in [-0.15, -0.1) is 24.0 Å². The van der Waals surface area contributed by atoms with E-state index in [2.05, 4.69) is 17.1 Å². The quantitative estimate of drug-likeness (QED) is 0.351. The highest BCUT2D eigenvalue weighted by molar-refractivity contribution is 14.0. The lowest BCUT2D eigenvalue weighted by molar-refractivity contribution is -0.0817. The molecule has 2 aliphatic rings. The van der Waals surface area contributed by atoms with Crippen molar-refractivity contribution < 1.29 is 14.2 Å². The number of hydrogen-bond acceptors (Lipinski definition) is 4. The molecule has 3 unspecified atom stereocenters. The maximum atomic E-state index is 5.95. The van der Waals surface area contributed by atoms with E-state index in [1.165, 1.54) is 0 Å². The van der Waals surface area contributed by atoms with E-state index in [-0.39, 0.29) is 42.3 Å². The minimum atomic E-state index is -0.0326. The van der Waals surface area contributed by atoms with Gasteiger partial charge in [-0.3, -0.25) is 0 Å². The average Bonchev–Trinajstić information content (AvgIpc) is 3.22. The first-order chi connectivity index (χ1) is 13.2. The van der Waals surface area contributed by atoms with Crippen molar-refractivity contribution in [3.05, 3.63) is 29.3 Å². The Kier molecular flexibility index (Phi) is 10.1. The van der Waals surface area contributed by atoms with Gasteiger partial charge in [0.15, 0.2) is 5.96 Å². The Morgan fingerprint density at radius 1 is 1.29 bits per heavy atom. The predicted molar refractivity (Wildman–Crippen MR) is 123 cm³/mol. The number of guanidine groups is 1. The van der Waals surface area contributed by atoms with Crippen LogP contribution in [0.2, 0.25) is 5.02 Å². The Bertz CT molecular complexity index is 611. The third-order valence-electron chi connectivity index (χ3n) is 4.76. The van der Waals surface area contributed by atoms with Crippen LogP contribution in [0, 0.1) is 0 Å². The second kappa shape index (κ2) is 12.0. The Morgan fingerprint density at radius 2 is 2.04 bits per heavy atom. The van der Waals surface area contributed by atoms with E-state index in [4.69, 9.17) is 30.8 Å². The van der Waals surface area contributed by atoms with E-state index < -0.39 is 0 Å². The van der Waals surface area contributed by atoms with Gasteiger partial charge < -0.3 is 24.4 Å². The summed E-state index contributed by atoms with van der Waals surface area (Å²) in [5.74, 6) is 1.72. The lowest BCUT2D eigenvalue weighted by Gasteiger charge is -2.37. The molecule has 0 aromatic heterocycles. The minimum Gasteiger partial charge on any atom is -0.489 e. The molecule has 0 aliphatic carbocycles. The first-order valence-corrected chi connectivity index (χ1v) is 10.2. The van der Waals surface area contributed by atoms with Gasteiger partial charge in [0.1, 0.15) is 18.0 Å². The molecule has 2 saturated heterocycles. The van der Waals surface area contributed by atoms with Crippen LogP contribution in [-0.2, 0) is 9.47 Å². The summed E-state index contributed by atoms with van der Waals surface area (Å²) in [6.07, 6.45) is 2.50. The molecule has 3 rings (SSSR count). The Hall–Kier alpha value is -0.770.